The molecule has 1 heteroatoms. The van der Waals surface area contributed by atoms with Gasteiger partial charge in [-0.2, -0.15) is 0 Å². The van der Waals surface area contributed by atoms with Gasteiger partial charge in [0.15, 0.2) is 5.78 Å². The third-order valence-corrected chi connectivity index (χ3v) is 5.01. The number of fused-ring (bicyclic) bond motifs is 2. The lowest BCUT2D eigenvalue weighted by Gasteiger charge is -2.06. The Kier molecular flexibility index (Phi) is 2.65. The lowest BCUT2D eigenvalue weighted by molar-refractivity contribution is 0.104. The van der Waals surface area contributed by atoms with E-state index in [1.165, 1.54) is 33.4 Å². The molecule has 4 rings (SSSR count). The van der Waals surface area contributed by atoms with Gasteiger partial charge in [-0.1, -0.05) is 36.4 Å². The SMILES string of the molecule is Cc1cccc2c1C/C(=C1\CCc3c(C)cccc31)C2=O. The van der Waals surface area contributed by atoms with Crippen molar-refractivity contribution in [2.75, 3.05) is 0 Å². The summed E-state index contributed by atoms with van der Waals surface area (Å²) in [4.78, 5) is 12.8. The van der Waals surface area contributed by atoms with Crippen LogP contribution in [0.1, 0.15) is 44.6 Å². The van der Waals surface area contributed by atoms with E-state index < -0.39 is 0 Å². The highest BCUT2D eigenvalue weighted by Gasteiger charge is 2.31. The number of benzene rings is 2. The van der Waals surface area contributed by atoms with Crippen molar-refractivity contribution in [1.82, 2.24) is 0 Å². The first-order chi connectivity index (χ1) is 10.2. The Morgan fingerprint density at radius 1 is 0.762 bits per heavy atom. The molecule has 0 unspecified atom stereocenters. The van der Waals surface area contributed by atoms with E-state index in [1.54, 1.807) is 0 Å². The number of allylic oxidation sites excluding steroid dienone is 2. The zero-order valence-electron chi connectivity index (χ0n) is 12.5. The standard InChI is InChI=1S/C20H18O/c1-12-5-3-7-15-14(12)9-10-16(15)19-11-18-13(2)6-4-8-17(18)20(19)21/h3-8H,9-11H2,1-2H3/b19-16-. The molecular formula is C20H18O. The summed E-state index contributed by atoms with van der Waals surface area (Å²) in [7, 11) is 0. The Balaban J connectivity index is 1.90. The molecule has 0 N–H and O–H groups in total. The molecule has 21 heavy (non-hydrogen) atoms. The lowest BCUT2D eigenvalue weighted by Crippen LogP contribution is -1.98. The fourth-order valence-corrected chi connectivity index (χ4v) is 3.83. The van der Waals surface area contributed by atoms with Crippen LogP contribution in [0.25, 0.3) is 5.57 Å². The number of carbonyl (C=O) groups excluding carboxylic acids is 1. The fourth-order valence-electron chi connectivity index (χ4n) is 3.83. The summed E-state index contributed by atoms with van der Waals surface area (Å²) in [5, 5.41) is 0. The summed E-state index contributed by atoms with van der Waals surface area (Å²) in [6, 6.07) is 12.5. The van der Waals surface area contributed by atoms with Gasteiger partial charge in [-0.3, -0.25) is 4.79 Å². The van der Waals surface area contributed by atoms with E-state index in [9.17, 15) is 4.79 Å². The molecule has 0 heterocycles. The molecule has 0 saturated carbocycles. The predicted octanol–water partition coefficient (Wildman–Crippen LogP) is 4.44. The minimum atomic E-state index is 0.248. The molecular weight excluding hydrogens is 256 g/mol. The van der Waals surface area contributed by atoms with Crippen LogP contribution in [-0.4, -0.2) is 5.78 Å². The number of hydrogen-bond donors (Lipinski definition) is 0. The summed E-state index contributed by atoms with van der Waals surface area (Å²) < 4.78 is 0. The molecule has 2 aromatic rings. The fraction of sp³-hybridized carbons (Fsp3) is 0.250. The van der Waals surface area contributed by atoms with Gasteiger partial charge in [0.25, 0.3) is 0 Å². The summed E-state index contributed by atoms with van der Waals surface area (Å²) >= 11 is 0. The molecule has 0 amide bonds. The highest BCUT2D eigenvalue weighted by Crippen LogP contribution is 2.41. The summed E-state index contributed by atoms with van der Waals surface area (Å²) in [5.41, 5.74) is 9.79. The van der Waals surface area contributed by atoms with Crippen LogP contribution < -0.4 is 0 Å². The first-order valence-corrected chi connectivity index (χ1v) is 7.61. The number of carbonyl (C=O) groups is 1. The Morgan fingerprint density at radius 2 is 1.43 bits per heavy atom. The Labute approximate surface area is 125 Å². The number of Topliss-reactive ketones (excluding diaryl/α,β-unsaturated/α-hetero) is 1. The van der Waals surface area contributed by atoms with Crippen molar-refractivity contribution in [3.8, 4) is 0 Å². The first-order valence-electron chi connectivity index (χ1n) is 7.61. The minimum Gasteiger partial charge on any atom is -0.289 e. The molecule has 0 saturated heterocycles. The van der Waals surface area contributed by atoms with Gasteiger partial charge in [-0.05, 0) is 60.1 Å². The number of aryl methyl sites for hydroxylation is 2. The Bertz CT molecular complexity index is 809. The minimum absolute atomic E-state index is 0.248. The van der Waals surface area contributed by atoms with Crippen molar-refractivity contribution in [3.63, 3.8) is 0 Å². The van der Waals surface area contributed by atoms with Crippen LogP contribution in [0.15, 0.2) is 42.0 Å². The molecule has 0 atom stereocenters. The van der Waals surface area contributed by atoms with E-state index in [4.69, 9.17) is 0 Å². The van der Waals surface area contributed by atoms with Gasteiger partial charge in [-0.25, -0.2) is 0 Å². The van der Waals surface area contributed by atoms with Crippen molar-refractivity contribution in [2.45, 2.75) is 33.1 Å². The van der Waals surface area contributed by atoms with Gasteiger partial charge >= 0.3 is 0 Å². The average Bonchev–Trinajstić information content (AvgIpc) is 3.03. The van der Waals surface area contributed by atoms with Crippen LogP contribution >= 0.6 is 0 Å². The van der Waals surface area contributed by atoms with Crippen molar-refractivity contribution in [2.24, 2.45) is 0 Å². The average molecular weight is 274 g/mol. The zero-order valence-corrected chi connectivity index (χ0v) is 12.5. The molecule has 0 spiro atoms. The van der Waals surface area contributed by atoms with Crippen molar-refractivity contribution in [3.05, 3.63) is 75.4 Å². The van der Waals surface area contributed by atoms with Gasteiger partial charge in [0.05, 0.1) is 0 Å². The molecule has 0 aromatic heterocycles. The van der Waals surface area contributed by atoms with Crippen molar-refractivity contribution < 1.29 is 4.79 Å². The lowest BCUT2D eigenvalue weighted by atomic mass is 9.97. The molecule has 0 bridgehead atoms. The largest absolute Gasteiger partial charge is 0.289 e. The molecule has 0 aliphatic heterocycles. The van der Waals surface area contributed by atoms with Crippen LogP contribution in [0.4, 0.5) is 0 Å². The molecule has 2 aliphatic rings. The second-order valence-corrected chi connectivity index (χ2v) is 6.17. The second-order valence-electron chi connectivity index (χ2n) is 6.17. The van der Waals surface area contributed by atoms with Gasteiger partial charge in [0, 0.05) is 17.6 Å². The summed E-state index contributed by atoms with van der Waals surface area (Å²) in [6.07, 6.45) is 2.89. The van der Waals surface area contributed by atoms with Crippen LogP contribution in [0.2, 0.25) is 0 Å². The first kappa shape index (κ1) is 12.6. The molecule has 2 aliphatic carbocycles. The third-order valence-electron chi connectivity index (χ3n) is 5.01. The van der Waals surface area contributed by atoms with Crippen molar-refractivity contribution >= 4 is 11.4 Å². The third kappa shape index (κ3) is 1.73. The predicted molar refractivity (Wildman–Crippen MR) is 85.6 cm³/mol. The molecule has 104 valence electrons. The maximum atomic E-state index is 12.8. The van der Waals surface area contributed by atoms with Crippen LogP contribution in [0.5, 0.6) is 0 Å². The molecule has 0 fully saturated rings. The quantitative estimate of drug-likeness (QED) is 0.649. The van der Waals surface area contributed by atoms with Crippen LogP contribution in [0, 0.1) is 13.8 Å². The van der Waals surface area contributed by atoms with Gasteiger partial charge in [0.2, 0.25) is 0 Å². The normalized spacial score (nSPS) is 19.8. The summed E-state index contributed by atoms with van der Waals surface area (Å²) in [5.74, 6) is 0.248. The highest BCUT2D eigenvalue weighted by atomic mass is 16.1. The highest BCUT2D eigenvalue weighted by molar-refractivity contribution is 6.17. The number of ketones is 1. The maximum Gasteiger partial charge on any atom is 0.189 e. The summed E-state index contributed by atoms with van der Waals surface area (Å²) in [6.45, 7) is 4.27. The van der Waals surface area contributed by atoms with Crippen molar-refractivity contribution in [1.29, 1.82) is 0 Å². The van der Waals surface area contributed by atoms with E-state index in [-0.39, 0.29) is 5.78 Å². The van der Waals surface area contributed by atoms with E-state index in [0.717, 1.165) is 30.4 Å². The Morgan fingerprint density at radius 3 is 2.14 bits per heavy atom. The van der Waals surface area contributed by atoms with E-state index in [0.29, 0.717) is 0 Å². The van der Waals surface area contributed by atoms with E-state index in [1.807, 2.05) is 12.1 Å². The van der Waals surface area contributed by atoms with Gasteiger partial charge in [0.1, 0.15) is 0 Å². The zero-order chi connectivity index (χ0) is 14.6. The number of rotatable bonds is 0. The van der Waals surface area contributed by atoms with Gasteiger partial charge < -0.3 is 0 Å². The maximum absolute atomic E-state index is 12.8. The Hall–Kier alpha value is -2.15. The second kappa shape index (κ2) is 4.42. The number of hydrogen-bond acceptors (Lipinski definition) is 1. The molecule has 2 aromatic carbocycles. The van der Waals surface area contributed by atoms with E-state index >= 15 is 0 Å². The smallest absolute Gasteiger partial charge is 0.189 e. The van der Waals surface area contributed by atoms with Gasteiger partial charge in [-0.15, -0.1) is 0 Å². The molecule has 1 nitrogen and oxygen atoms in total. The van der Waals surface area contributed by atoms with Crippen LogP contribution in [0.3, 0.4) is 0 Å². The monoisotopic (exact) mass is 274 g/mol. The topological polar surface area (TPSA) is 17.1 Å². The van der Waals surface area contributed by atoms with Crippen LogP contribution in [-0.2, 0) is 12.8 Å². The van der Waals surface area contributed by atoms with E-state index in [2.05, 4.69) is 38.1 Å². The molecule has 0 radical (unpaired) electrons.